The lowest BCUT2D eigenvalue weighted by atomic mass is 10.5. The van der Waals surface area contributed by atoms with Crippen LogP contribution in [0.3, 0.4) is 0 Å². The lowest BCUT2D eigenvalue weighted by Gasteiger charge is -1.94. The molecular formula is C8H13NO4. The second-order valence-electron chi connectivity index (χ2n) is 1.76. The minimum Gasteiger partial charge on any atom is -0.478 e. The first-order valence-corrected chi connectivity index (χ1v) is 3.45. The molecule has 0 rings (SSSR count). The summed E-state index contributed by atoms with van der Waals surface area (Å²) in [6.45, 7) is 6.45. The number of rotatable bonds is 4. The first-order valence-electron chi connectivity index (χ1n) is 3.45. The molecule has 13 heavy (non-hydrogen) atoms. The van der Waals surface area contributed by atoms with E-state index in [1.165, 1.54) is 0 Å². The van der Waals surface area contributed by atoms with Crippen molar-refractivity contribution in [2.24, 2.45) is 0 Å². The van der Waals surface area contributed by atoms with Crippen molar-refractivity contribution in [2.45, 2.75) is 0 Å². The van der Waals surface area contributed by atoms with Gasteiger partial charge in [-0.2, -0.15) is 0 Å². The molecule has 0 aliphatic carbocycles. The smallest absolute Gasteiger partial charge is 0.327 e. The molecule has 3 N–H and O–H groups in total. The Balaban J connectivity index is 0. The maximum absolute atomic E-state index is 10.2. The van der Waals surface area contributed by atoms with Gasteiger partial charge in [0, 0.05) is 12.6 Å². The number of carbonyl (C=O) groups excluding carboxylic acids is 1. The maximum atomic E-state index is 10.2. The zero-order valence-electron chi connectivity index (χ0n) is 7.19. The fraction of sp³-hybridized carbons (Fsp3) is 0.250. The predicted molar refractivity (Wildman–Crippen MR) is 48.1 cm³/mol. The van der Waals surface area contributed by atoms with E-state index in [9.17, 15) is 9.59 Å². The number of amides is 1. The molecule has 1 amide bonds. The third-order valence-electron chi connectivity index (χ3n) is 0.771. The van der Waals surface area contributed by atoms with Crippen molar-refractivity contribution in [2.75, 3.05) is 13.2 Å². The van der Waals surface area contributed by atoms with Crippen molar-refractivity contribution in [3.8, 4) is 0 Å². The summed E-state index contributed by atoms with van der Waals surface area (Å²) in [6, 6.07) is 0. The highest BCUT2D eigenvalue weighted by molar-refractivity contribution is 5.86. The summed E-state index contributed by atoms with van der Waals surface area (Å²) in [7, 11) is 0. The third-order valence-corrected chi connectivity index (χ3v) is 0.771. The van der Waals surface area contributed by atoms with Crippen LogP contribution in [0.4, 0.5) is 0 Å². The van der Waals surface area contributed by atoms with Gasteiger partial charge in [0.05, 0.1) is 6.61 Å². The summed E-state index contributed by atoms with van der Waals surface area (Å²) in [4.78, 5) is 19.5. The van der Waals surface area contributed by atoms with E-state index in [2.05, 4.69) is 18.5 Å². The molecule has 5 heteroatoms. The summed E-state index contributed by atoms with van der Waals surface area (Å²) in [5, 5.41) is 18.1. The topological polar surface area (TPSA) is 86.6 Å². The number of hydrogen-bond acceptors (Lipinski definition) is 3. The van der Waals surface area contributed by atoms with Gasteiger partial charge in [-0.25, -0.2) is 4.79 Å². The fourth-order valence-corrected chi connectivity index (χ4v) is 0.251. The molecule has 0 saturated heterocycles. The quantitative estimate of drug-likeness (QED) is 0.520. The lowest BCUT2D eigenvalue weighted by Crippen LogP contribution is -2.23. The van der Waals surface area contributed by atoms with Gasteiger partial charge in [0.2, 0.25) is 5.91 Å². The number of carboxylic acids is 1. The normalized spacial score (nSPS) is 7.46. The minimum absolute atomic E-state index is 0.0282. The Hall–Kier alpha value is -1.62. The van der Waals surface area contributed by atoms with Gasteiger partial charge in [-0.15, -0.1) is 0 Å². The first kappa shape index (κ1) is 13.9. The van der Waals surface area contributed by atoms with Crippen molar-refractivity contribution >= 4 is 11.9 Å². The molecule has 0 aromatic carbocycles. The fourth-order valence-electron chi connectivity index (χ4n) is 0.251. The molecule has 0 radical (unpaired) electrons. The summed E-state index contributed by atoms with van der Waals surface area (Å²) in [5.74, 6) is -1.23. The van der Waals surface area contributed by atoms with E-state index in [0.29, 0.717) is 6.54 Å². The Morgan fingerprint density at radius 1 is 1.31 bits per heavy atom. The van der Waals surface area contributed by atoms with Crippen LogP contribution in [0.25, 0.3) is 0 Å². The molecule has 0 aromatic rings. The molecule has 0 aliphatic rings. The maximum Gasteiger partial charge on any atom is 0.327 e. The van der Waals surface area contributed by atoms with Gasteiger partial charge in [-0.1, -0.05) is 13.2 Å². The van der Waals surface area contributed by atoms with Crippen molar-refractivity contribution < 1.29 is 19.8 Å². The number of nitrogens with one attached hydrogen (secondary N) is 1. The van der Waals surface area contributed by atoms with E-state index >= 15 is 0 Å². The summed E-state index contributed by atoms with van der Waals surface area (Å²) < 4.78 is 0. The Labute approximate surface area is 76.4 Å². The number of carbonyl (C=O) groups is 2. The van der Waals surface area contributed by atoms with Crippen molar-refractivity contribution in [3.05, 3.63) is 25.3 Å². The monoisotopic (exact) mass is 187 g/mol. The molecule has 0 bridgehead atoms. The molecular weight excluding hydrogens is 174 g/mol. The number of aliphatic carboxylic acids is 1. The van der Waals surface area contributed by atoms with Gasteiger partial charge in [-0.05, 0) is 6.08 Å². The van der Waals surface area contributed by atoms with E-state index in [-0.39, 0.29) is 12.5 Å². The second-order valence-corrected chi connectivity index (χ2v) is 1.76. The van der Waals surface area contributed by atoms with Crippen LogP contribution >= 0.6 is 0 Å². The van der Waals surface area contributed by atoms with E-state index in [4.69, 9.17) is 10.2 Å². The average molecular weight is 187 g/mol. The molecule has 0 aliphatic heterocycles. The number of aliphatic hydroxyl groups is 1. The van der Waals surface area contributed by atoms with Crippen LogP contribution in [-0.4, -0.2) is 35.2 Å². The number of carboxylic acid groups (broad SMARTS) is 1. The van der Waals surface area contributed by atoms with Gasteiger partial charge in [-0.3, -0.25) is 4.79 Å². The van der Waals surface area contributed by atoms with Crippen molar-refractivity contribution in [3.63, 3.8) is 0 Å². The Morgan fingerprint density at radius 2 is 1.77 bits per heavy atom. The highest BCUT2D eigenvalue weighted by Gasteiger charge is 1.87. The third kappa shape index (κ3) is 17.9. The molecule has 0 fully saturated rings. The zero-order chi connectivity index (χ0) is 10.7. The summed E-state index contributed by atoms with van der Waals surface area (Å²) >= 11 is 0. The van der Waals surface area contributed by atoms with Crippen LogP contribution in [0.15, 0.2) is 25.3 Å². The second kappa shape index (κ2) is 10.4. The van der Waals surface area contributed by atoms with Crippen molar-refractivity contribution in [1.29, 1.82) is 0 Å². The molecule has 0 atom stereocenters. The van der Waals surface area contributed by atoms with Gasteiger partial charge in [0.15, 0.2) is 0 Å². The van der Waals surface area contributed by atoms with Crippen LogP contribution in [-0.2, 0) is 9.59 Å². The van der Waals surface area contributed by atoms with Crippen LogP contribution < -0.4 is 5.32 Å². The summed E-state index contributed by atoms with van der Waals surface area (Å²) in [6.07, 6.45) is 2.00. The largest absolute Gasteiger partial charge is 0.478 e. The Bertz CT molecular complexity index is 189. The highest BCUT2D eigenvalue weighted by atomic mass is 16.4. The number of aliphatic hydroxyl groups excluding tert-OH is 1. The van der Waals surface area contributed by atoms with E-state index in [1.54, 1.807) is 0 Å². The molecule has 0 heterocycles. The molecule has 74 valence electrons. The predicted octanol–water partition coefficient (Wildman–Crippen LogP) is -0.462. The van der Waals surface area contributed by atoms with Crippen molar-refractivity contribution in [1.82, 2.24) is 5.32 Å². The van der Waals surface area contributed by atoms with Crippen LogP contribution in [0.2, 0.25) is 0 Å². The highest BCUT2D eigenvalue weighted by Crippen LogP contribution is 1.62. The molecule has 0 saturated carbocycles. The van der Waals surface area contributed by atoms with Crippen LogP contribution in [0.1, 0.15) is 0 Å². The minimum atomic E-state index is -0.981. The molecule has 5 nitrogen and oxygen atoms in total. The number of hydrogen-bond donors (Lipinski definition) is 3. The van der Waals surface area contributed by atoms with E-state index in [1.807, 2.05) is 0 Å². The molecule has 0 spiro atoms. The van der Waals surface area contributed by atoms with E-state index < -0.39 is 5.97 Å². The lowest BCUT2D eigenvalue weighted by molar-refractivity contribution is -0.131. The molecule has 0 unspecified atom stereocenters. The molecule has 0 aromatic heterocycles. The average Bonchev–Trinajstić information content (AvgIpc) is 2.15. The Kier molecular flexibility index (Phi) is 11.1. The van der Waals surface area contributed by atoms with Gasteiger partial charge in [0.25, 0.3) is 0 Å². The van der Waals surface area contributed by atoms with Gasteiger partial charge in [0.1, 0.15) is 0 Å². The van der Waals surface area contributed by atoms with Crippen LogP contribution in [0, 0.1) is 0 Å². The Morgan fingerprint density at radius 3 is 2.00 bits per heavy atom. The van der Waals surface area contributed by atoms with Gasteiger partial charge < -0.3 is 15.5 Å². The first-order chi connectivity index (χ1) is 6.08. The van der Waals surface area contributed by atoms with Gasteiger partial charge >= 0.3 is 5.97 Å². The SMILES string of the molecule is C=CC(=O)NCCO.C=CC(=O)O. The van der Waals surface area contributed by atoms with E-state index in [0.717, 1.165) is 12.2 Å². The standard InChI is InChI=1S/C5H9NO2.C3H4O2/c1-2-5(8)6-3-4-7;1-2-3(4)5/h2,7H,1,3-4H2,(H,6,8);2H,1H2,(H,4,5). The summed E-state index contributed by atoms with van der Waals surface area (Å²) in [5.41, 5.74) is 0. The van der Waals surface area contributed by atoms with Crippen LogP contribution in [0.5, 0.6) is 0 Å². The zero-order valence-corrected chi connectivity index (χ0v) is 7.19.